The summed E-state index contributed by atoms with van der Waals surface area (Å²) in [7, 11) is 1.61. The molecule has 3 N–H and O–H groups in total. The predicted octanol–water partition coefficient (Wildman–Crippen LogP) is 3.37. The van der Waals surface area contributed by atoms with Crippen LogP contribution in [-0.2, 0) is 20.8 Å². The number of benzene rings is 1. The van der Waals surface area contributed by atoms with Crippen molar-refractivity contribution in [3.8, 4) is 0 Å². The highest BCUT2D eigenvalue weighted by molar-refractivity contribution is 5.88. The quantitative estimate of drug-likeness (QED) is 0.251. The molecule has 8 nitrogen and oxygen atoms in total. The summed E-state index contributed by atoms with van der Waals surface area (Å²) in [6.07, 6.45) is 0.303. The number of ether oxygens (including phenoxy) is 3. The Morgan fingerprint density at radius 2 is 1.90 bits per heavy atom. The van der Waals surface area contributed by atoms with Gasteiger partial charge in [0, 0.05) is 13.7 Å². The molecule has 1 rings (SSSR count). The number of amides is 1. The minimum atomic E-state index is -0.638. The molecule has 1 amide bonds. The van der Waals surface area contributed by atoms with E-state index in [1.54, 1.807) is 27.9 Å². The van der Waals surface area contributed by atoms with Crippen LogP contribution in [0.3, 0.4) is 0 Å². The van der Waals surface area contributed by atoms with Gasteiger partial charge >= 0.3 is 6.09 Å². The zero-order valence-corrected chi connectivity index (χ0v) is 18.1. The molecular formula is C21H35N3O5. The molecule has 29 heavy (non-hydrogen) atoms. The number of likely N-dealkylation sites (N-methyl/N-ethyl adjacent to an activating group) is 1. The molecule has 0 radical (unpaired) electrons. The van der Waals surface area contributed by atoms with E-state index >= 15 is 0 Å². The van der Waals surface area contributed by atoms with Crippen LogP contribution in [-0.4, -0.2) is 60.0 Å². The number of hydrogen-bond acceptors (Lipinski definition) is 6. The Morgan fingerprint density at radius 1 is 1.24 bits per heavy atom. The lowest BCUT2D eigenvalue weighted by atomic mass is 10.1. The standard InChI is InChI=1S/C21H35N3O5/c1-6-24(20(25)29-21(2,3)4)18(19(22)23-26)13-12-17(27-5)15-28-14-16-10-8-7-9-11-16/h7-11,17-18,26H,6,12-15H2,1-5H3,(H2,22,23)/t17-,18?/m1/s1. The second kappa shape index (κ2) is 12.3. The monoisotopic (exact) mass is 409 g/mol. The summed E-state index contributed by atoms with van der Waals surface area (Å²) in [6.45, 7) is 8.44. The van der Waals surface area contributed by atoms with Crippen LogP contribution in [0.1, 0.15) is 46.1 Å². The number of nitrogens with two attached hydrogens (primary N) is 1. The van der Waals surface area contributed by atoms with Crippen molar-refractivity contribution in [1.29, 1.82) is 0 Å². The Hall–Kier alpha value is -2.32. The van der Waals surface area contributed by atoms with Gasteiger partial charge in [0.05, 0.1) is 25.4 Å². The highest BCUT2D eigenvalue weighted by Crippen LogP contribution is 2.17. The van der Waals surface area contributed by atoms with Gasteiger partial charge in [-0.15, -0.1) is 0 Å². The average Bonchev–Trinajstić information content (AvgIpc) is 2.68. The first-order chi connectivity index (χ1) is 13.7. The normalized spacial score (nSPS) is 14.3. The number of carbonyl (C=O) groups excluding carboxylic acids is 1. The summed E-state index contributed by atoms with van der Waals surface area (Å²) in [6, 6.07) is 9.27. The highest BCUT2D eigenvalue weighted by atomic mass is 16.6. The van der Waals surface area contributed by atoms with Gasteiger partial charge in [-0.05, 0) is 46.1 Å². The molecule has 8 heteroatoms. The molecule has 1 unspecified atom stereocenters. The number of nitrogens with zero attached hydrogens (tertiary/aromatic N) is 2. The number of rotatable bonds is 11. The van der Waals surface area contributed by atoms with Crippen LogP contribution in [0.4, 0.5) is 4.79 Å². The first kappa shape index (κ1) is 24.7. The van der Waals surface area contributed by atoms with Crippen molar-refractivity contribution in [2.24, 2.45) is 10.9 Å². The van der Waals surface area contributed by atoms with Gasteiger partial charge in [-0.1, -0.05) is 35.5 Å². The molecule has 0 spiro atoms. The molecule has 0 aliphatic carbocycles. The number of methoxy groups -OCH3 is 1. The summed E-state index contributed by atoms with van der Waals surface area (Å²) in [5.41, 5.74) is 6.32. The van der Waals surface area contributed by atoms with Gasteiger partial charge in [-0.2, -0.15) is 0 Å². The van der Waals surface area contributed by atoms with E-state index in [1.165, 1.54) is 4.90 Å². The molecule has 0 aliphatic heterocycles. The number of carbonyl (C=O) groups is 1. The number of oxime groups is 1. The fourth-order valence-electron chi connectivity index (χ4n) is 2.82. The molecule has 1 aromatic carbocycles. The lowest BCUT2D eigenvalue weighted by Gasteiger charge is -2.32. The number of hydrogen-bond donors (Lipinski definition) is 2. The van der Waals surface area contributed by atoms with E-state index in [9.17, 15) is 10.0 Å². The van der Waals surface area contributed by atoms with Crippen molar-refractivity contribution < 1.29 is 24.2 Å². The predicted molar refractivity (Wildman–Crippen MR) is 112 cm³/mol. The van der Waals surface area contributed by atoms with Gasteiger partial charge in [0.2, 0.25) is 0 Å². The largest absolute Gasteiger partial charge is 0.444 e. The van der Waals surface area contributed by atoms with E-state index < -0.39 is 17.7 Å². The van der Waals surface area contributed by atoms with Crippen molar-refractivity contribution >= 4 is 11.9 Å². The third-order valence-electron chi connectivity index (χ3n) is 4.31. The number of amidine groups is 1. The first-order valence-corrected chi connectivity index (χ1v) is 9.83. The lowest BCUT2D eigenvalue weighted by Crippen LogP contribution is -2.50. The lowest BCUT2D eigenvalue weighted by molar-refractivity contribution is -0.00709. The Bertz CT molecular complexity index is 631. The Morgan fingerprint density at radius 3 is 2.41 bits per heavy atom. The Balaban J connectivity index is 2.69. The summed E-state index contributed by atoms with van der Waals surface area (Å²) in [5, 5.41) is 12.3. The van der Waals surface area contributed by atoms with Crippen molar-refractivity contribution in [2.75, 3.05) is 20.3 Å². The van der Waals surface area contributed by atoms with Crippen molar-refractivity contribution in [3.63, 3.8) is 0 Å². The maximum Gasteiger partial charge on any atom is 0.410 e. The minimum Gasteiger partial charge on any atom is -0.444 e. The summed E-state index contributed by atoms with van der Waals surface area (Å²) >= 11 is 0. The molecule has 2 atom stereocenters. The first-order valence-electron chi connectivity index (χ1n) is 9.83. The molecule has 0 aliphatic rings. The van der Waals surface area contributed by atoms with E-state index in [2.05, 4.69) is 5.16 Å². The molecule has 0 aromatic heterocycles. The second-order valence-corrected chi connectivity index (χ2v) is 7.74. The fourth-order valence-corrected chi connectivity index (χ4v) is 2.82. The van der Waals surface area contributed by atoms with Gasteiger partial charge in [0.1, 0.15) is 5.60 Å². The molecule has 164 valence electrons. The van der Waals surface area contributed by atoms with Gasteiger partial charge in [-0.25, -0.2) is 4.79 Å². The van der Waals surface area contributed by atoms with E-state index in [1.807, 2.05) is 37.3 Å². The van der Waals surface area contributed by atoms with Crippen LogP contribution in [0, 0.1) is 0 Å². The second-order valence-electron chi connectivity index (χ2n) is 7.74. The molecule has 0 saturated heterocycles. The van der Waals surface area contributed by atoms with Gasteiger partial charge in [0.15, 0.2) is 5.84 Å². The van der Waals surface area contributed by atoms with Gasteiger partial charge in [0.25, 0.3) is 0 Å². The smallest absolute Gasteiger partial charge is 0.410 e. The summed E-state index contributed by atoms with van der Waals surface area (Å²) in [4.78, 5) is 14.0. The Labute approximate surface area is 173 Å². The third kappa shape index (κ3) is 9.15. The summed E-state index contributed by atoms with van der Waals surface area (Å²) < 4.78 is 16.7. The van der Waals surface area contributed by atoms with E-state index in [0.717, 1.165) is 5.56 Å². The zero-order valence-electron chi connectivity index (χ0n) is 18.1. The van der Waals surface area contributed by atoms with Crippen LogP contribution in [0.25, 0.3) is 0 Å². The van der Waals surface area contributed by atoms with E-state index in [0.29, 0.717) is 32.6 Å². The molecule has 0 saturated carbocycles. The molecule has 1 aromatic rings. The van der Waals surface area contributed by atoms with Crippen molar-refractivity contribution in [1.82, 2.24) is 4.90 Å². The molecular weight excluding hydrogens is 374 g/mol. The Kier molecular flexibility index (Phi) is 10.5. The van der Waals surface area contributed by atoms with Crippen LogP contribution in [0.15, 0.2) is 35.5 Å². The minimum absolute atomic E-state index is 0.0437. The highest BCUT2D eigenvalue weighted by Gasteiger charge is 2.30. The van der Waals surface area contributed by atoms with Gasteiger partial charge in [-0.3, -0.25) is 4.90 Å². The topological polar surface area (TPSA) is 107 Å². The van der Waals surface area contributed by atoms with Crippen LogP contribution < -0.4 is 5.73 Å². The zero-order chi connectivity index (χ0) is 21.9. The summed E-state index contributed by atoms with van der Waals surface area (Å²) in [5.74, 6) is -0.0437. The van der Waals surface area contributed by atoms with Crippen LogP contribution in [0.5, 0.6) is 0 Å². The molecule has 0 heterocycles. The fraction of sp³-hybridized carbons (Fsp3) is 0.619. The maximum atomic E-state index is 12.6. The van der Waals surface area contributed by atoms with Gasteiger partial charge < -0.3 is 25.2 Å². The van der Waals surface area contributed by atoms with Crippen LogP contribution >= 0.6 is 0 Å². The maximum absolute atomic E-state index is 12.6. The third-order valence-corrected chi connectivity index (χ3v) is 4.31. The van der Waals surface area contributed by atoms with Crippen molar-refractivity contribution in [2.45, 2.75) is 64.9 Å². The average molecular weight is 410 g/mol. The molecule has 0 bridgehead atoms. The van der Waals surface area contributed by atoms with E-state index in [-0.39, 0.29) is 11.9 Å². The SMILES string of the molecule is CCN(C(=O)OC(C)(C)C)C(CC[C@H](COCc1ccccc1)OC)/C(N)=N\O. The van der Waals surface area contributed by atoms with E-state index in [4.69, 9.17) is 19.9 Å². The molecule has 0 fully saturated rings. The van der Waals surface area contributed by atoms with Crippen LogP contribution in [0.2, 0.25) is 0 Å². The van der Waals surface area contributed by atoms with Crippen molar-refractivity contribution in [3.05, 3.63) is 35.9 Å².